The number of amides is 1. The van der Waals surface area contributed by atoms with Crippen LogP contribution in [0.3, 0.4) is 0 Å². The van der Waals surface area contributed by atoms with E-state index in [0.717, 1.165) is 6.42 Å². The van der Waals surface area contributed by atoms with Gasteiger partial charge in [-0.3, -0.25) is 4.79 Å². The number of anilines is 1. The van der Waals surface area contributed by atoms with E-state index in [9.17, 15) is 9.18 Å². The van der Waals surface area contributed by atoms with Gasteiger partial charge in [-0.2, -0.15) is 0 Å². The maximum absolute atomic E-state index is 13.9. The predicted octanol–water partition coefficient (Wildman–Crippen LogP) is 3.61. The molecule has 0 spiro atoms. The molecule has 2 aromatic rings. The minimum absolute atomic E-state index is 0.00479. The van der Waals surface area contributed by atoms with Crippen LogP contribution in [0.25, 0.3) is 0 Å². The van der Waals surface area contributed by atoms with Crippen LogP contribution in [0, 0.1) is 12.7 Å². The topological polar surface area (TPSA) is 59.2 Å². The SMILES string of the molecule is CC[C@@H](C)N(Cc1ccccc1F)C(=O)c1sc(N)nc1C. The van der Waals surface area contributed by atoms with Crippen molar-refractivity contribution in [1.82, 2.24) is 9.88 Å². The standard InChI is InChI=1S/C16H20FN3OS/c1-4-10(2)20(9-12-7-5-6-8-13(12)17)15(21)14-11(3)19-16(18)22-14/h5-8,10H,4,9H2,1-3H3,(H2,18,19)/t10-/m1/s1. The molecule has 6 heteroatoms. The van der Waals surface area contributed by atoms with Crippen LogP contribution in [0.4, 0.5) is 9.52 Å². The van der Waals surface area contributed by atoms with Crippen LogP contribution in [0.1, 0.15) is 41.2 Å². The Balaban J connectivity index is 2.32. The number of hydrogen-bond donors (Lipinski definition) is 1. The maximum Gasteiger partial charge on any atom is 0.266 e. The number of nitrogens with two attached hydrogens (primary N) is 1. The summed E-state index contributed by atoms with van der Waals surface area (Å²) in [6, 6.07) is 6.52. The number of nitrogens with zero attached hydrogens (tertiary/aromatic N) is 2. The van der Waals surface area contributed by atoms with Gasteiger partial charge in [-0.1, -0.05) is 36.5 Å². The number of aromatic nitrogens is 1. The molecular formula is C16H20FN3OS. The molecule has 22 heavy (non-hydrogen) atoms. The Morgan fingerprint density at radius 1 is 1.45 bits per heavy atom. The van der Waals surface area contributed by atoms with E-state index in [4.69, 9.17) is 5.73 Å². The van der Waals surface area contributed by atoms with E-state index < -0.39 is 0 Å². The van der Waals surface area contributed by atoms with Crippen molar-refractivity contribution in [3.8, 4) is 0 Å². The van der Waals surface area contributed by atoms with Crippen LogP contribution in [0.2, 0.25) is 0 Å². The van der Waals surface area contributed by atoms with Gasteiger partial charge in [0.15, 0.2) is 5.13 Å². The molecule has 118 valence electrons. The van der Waals surface area contributed by atoms with Crippen molar-refractivity contribution in [1.29, 1.82) is 0 Å². The first-order valence-electron chi connectivity index (χ1n) is 7.21. The quantitative estimate of drug-likeness (QED) is 0.915. The van der Waals surface area contributed by atoms with Crippen molar-refractivity contribution < 1.29 is 9.18 Å². The van der Waals surface area contributed by atoms with Crippen molar-refractivity contribution in [2.75, 3.05) is 5.73 Å². The van der Waals surface area contributed by atoms with E-state index in [1.54, 1.807) is 30.0 Å². The number of aryl methyl sites for hydroxylation is 1. The normalized spacial score (nSPS) is 12.2. The average molecular weight is 321 g/mol. The van der Waals surface area contributed by atoms with Gasteiger partial charge in [0.05, 0.1) is 5.69 Å². The molecule has 0 fully saturated rings. The fourth-order valence-electron chi connectivity index (χ4n) is 2.20. The third-order valence-electron chi connectivity index (χ3n) is 3.69. The molecular weight excluding hydrogens is 301 g/mol. The van der Waals surface area contributed by atoms with Gasteiger partial charge in [0.1, 0.15) is 10.7 Å². The molecule has 0 saturated carbocycles. The lowest BCUT2D eigenvalue weighted by Crippen LogP contribution is -2.38. The summed E-state index contributed by atoms with van der Waals surface area (Å²) in [6.07, 6.45) is 0.785. The van der Waals surface area contributed by atoms with E-state index >= 15 is 0 Å². The van der Waals surface area contributed by atoms with Gasteiger partial charge in [0.2, 0.25) is 0 Å². The van der Waals surface area contributed by atoms with Crippen molar-refractivity contribution >= 4 is 22.4 Å². The fraction of sp³-hybridized carbons (Fsp3) is 0.375. The van der Waals surface area contributed by atoms with Gasteiger partial charge in [-0.05, 0) is 26.3 Å². The van der Waals surface area contributed by atoms with Crippen LogP contribution < -0.4 is 5.73 Å². The summed E-state index contributed by atoms with van der Waals surface area (Å²) in [5, 5.41) is 0.371. The molecule has 1 amide bonds. The molecule has 0 unspecified atom stereocenters. The molecule has 1 aromatic heterocycles. The molecule has 4 nitrogen and oxygen atoms in total. The van der Waals surface area contributed by atoms with Crippen molar-refractivity contribution in [3.05, 3.63) is 46.2 Å². The van der Waals surface area contributed by atoms with Gasteiger partial charge in [0, 0.05) is 18.2 Å². The molecule has 1 atom stereocenters. The van der Waals surface area contributed by atoms with Gasteiger partial charge >= 0.3 is 0 Å². The van der Waals surface area contributed by atoms with Gasteiger partial charge in [0.25, 0.3) is 5.91 Å². The number of carbonyl (C=O) groups is 1. The number of carbonyl (C=O) groups excluding carboxylic acids is 1. The van der Waals surface area contributed by atoms with E-state index in [1.807, 2.05) is 13.8 Å². The average Bonchev–Trinajstić information content (AvgIpc) is 2.83. The Kier molecular flexibility index (Phi) is 5.13. The summed E-state index contributed by atoms with van der Waals surface area (Å²) in [5.74, 6) is -0.451. The monoisotopic (exact) mass is 321 g/mol. The summed E-state index contributed by atoms with van der Waals surface area (Å²) in [6.45, 7) is 5.95. The van der Waals surface area contributed by atoms with Crippen LogP contribution in [-0.2, 0) is 6.54 Å². The Morgan fingerprint density at radius 3 is 2.68 bits per heavy atom. The predicted molar refractivity (Wildman–Crippen MR) is 87.3 cm³/mol. The Morgan fingerprint density at radius 2 is 2.14 bits per heavy atom. The van der Waals surface area contributed by atoms with E-state index in [2.05, 4.69) is 4.98 Å². The zero-order valence-electron chi connectivity index (χ0n) is 13.0. The molecule has 0 bridgehead atoms. The minimum atomic E-state index is -0.302. The zero-order valence-corrected chi connectivity index (χ0v) is 13.8. The number of hydrogen-bond acceptors (Lipinski definition) is 4. The highest BCUT2D eigenvalue weighted by Gasteiger charge is 2.25. The number of nitrogen functional groups attached to an aromatic ring is 1. The first kappa shape index (κ1) is 16.4. The summed E-state index contributed by atoms with van der Waals surface area (Å²) < 4.78 is 13.9. The first-order valence-corrected chi connectivity index (χ1v) is 8.03. The Labute approximate surface area is 133 Å². The molecule has 0 radical (unpaired) electrons. The number of thiazole rings is 1. The van der Waals surface area contributed by atoms with Crippen molar-refractivity contribution in [2.45, 2.75) is 39.8 Å². The summed E-state index contributed by atoms with van der Waals surface area (Å²) in [5.41, 5.74) is 6.80. The lowest BCUT2D eigenvalue weighted by Gasteiger charge is -2.28. The third-order valence-corrected chi connectivity index (χ3v) is 4.66. The van der Waals surface area contributed by atoms with Crippen LogP contribution in [0.5, 0.6) is 0 Å². The lowest BCUT2D eigenvalue weighted by molar-refractivity contribution is 0.0673. The van der Waals surface area contributed by atoms with Crippen molar-refractivity contribution in [2.24, 2.45) is 0 Å². The molecule has 0 saturated heterocycles. The zero-order chi connectivity index (χ0) is 16.3. The van der Waals surface area contributed by atoms with Gasteiger partial charge < -0.3 is 10.6 Å². The van der Waals surface area contributed by atoms with Crippen LogP contribution in [0.15, 0.2) is 24.3 Å². The number of halogens is 1. The van der Waals surface area contributed by atoms with Crippen LogP contribution in [-0.4, -0.2) is 21.8 Å². The van der Waals surface area contributed by atoms with Gasteiger partial charge in [-0.25, -0.2) is 9.37 Å². The molecule has 0 aliphatic rings. The molecule has 0 aliphatic heterocycles. The largest absolute Gasteiger partial charge is 0.375 e. The smallest absolute Gasteiger partial charge is 0.266 e. The van der Waals surface area contributed by atoms with Gasteiger partial charge in [-0.15, -0.1) is 0 Å². The lowest BCUT2D eigenvalue weighted by atomic mass is 10.1. The van der Waals surface area contributed by atoms with Crippen molar-refractivity contribution in [3.63, 3.8) is 0 Å². The molecule has 0 aliphatic carbocycles. The highest BCUT2D eigenvalue weighted by atomic mass is 32.1. The first-order chi connectivity index (χ1) is 10.4. The third kappa shape index (κ3) is 3.44. The van der Waals surface area contributed by atoms with E-state index in [-0.39, 0.29) is 24.3 Å². The highest BCUT2D eigenvalue weighted by molar-refractivity contribution is 7.17. The summed E-state index contributed by atoms with van der Waals surface area (Å²) in [4.78, 5) is 19.1. The van der Waals surface area contributed by atoms with E-state index in [0.29, 0.717) is 21.3 Å². The Bertz CT molecular complexity index is 671. The summed E-state index contributed by atoms with van der Waals surface area (Å²) in [7, 11) is 0. The minimum Gasteiger partial charge on any atom is -0.375 e. The van der Waals surface area contributed by atoms with Crippen LogP contribution >= 0.6 is 11.3 Å². The molecule has 1 heterocycles. The maximum atomic E-state index is 13.9. The second-order valence-corrected chi connectivity index (χ2v) is 6.28. The number of benzene rings is 1. The molecule has 1 aromatic carbocycles. The van der Waals surface area contributed by atoms with E-state index in [1.165, 1.54) is 17.4 Å². The highest BCUT2D eigenvalue weighted by Crippen LogP contribution is 2.24. The second-order valence-electron chi connectivity index (χ2n) is 5.25. The second kappa shape index (κ2) is 6.87. The molecule has 2 N–H and O–H groups in total. The fourth-order valence-corrected chi connectivity index (χ4v) is 2.99. The molecule has 2 rings (SSSR count). The Hall–Kier alpha value is -1.95. The summed E-state index contributed by atoms with van der Waals surface area (Å²) >= 11 is 1.18. The number of rotatable bonds is 5.